The third-order valence-corrected chi connectivity index (χ3v) is 2.80. The van der Waals surface area contributed by atoms with Crippen LogP contribution in [0.4, 0.5) is 0 Å². The first-order valence-corrected chi connectivity index (χ1v) is 5.97. The third-order valence-electron chi connectivity index (χ3n) is 2.80. The van der Waals surface area contributed by atoms with E-state index >= 15 is 0 Å². The summed E-state index contributed by atoms with van der Waals surface area (Å²) < 4.78 is 5.55. The zero-order valence-electron chi connectivity index (χ0n) is 10.6. The van der Waals surface area contributed by atoms with Crippen LogP contribution in [0, 0.1) is 5.41 Å². The molecule has 0 aliphatic carbocycles. The minimum Gasteiger partial charge on any atom is -0.453 e. The number of Topliss-reactive ketones (excluding diaryl/α,β-unsaturated/α-hetero) is 1. The molecule has 0 spiro atoms. The van der Waals surface area contributed by atoms with E-state index < -0.39 is 0 Å². The smallest absolute Gasteiger partial charge is 0.198 e. The van der Waals surface area contributed by atoms with Crippen molar-refractivity contribution in [2.45, 2.75) is 33.6 Å². The van der Waals surface area contributed by atoms with Crippen LogP contribution in [0.1, 0.15) is 44.2 Å². The largest absolute Gasteiger partial charge is 0.453 e. The van der Waals surface area contributed by atoms with Gasteiger partial charge in [-0.3, -0.25) is 4.79 Å². The molecule has 0 bridgehead atoms. The molecule has 0 radical (unpaired) electrons. The van der Waals surface area contributed by atoms with Gasteiger partial charge in [-0.25, -0.2) is 0 Å². The Labute approximate surface area is 102 Å². The van der Waals surface area contributed by atoms with Crippen molar-refractivity contribution in [1.82, 2.24) is 0 Å². The van der Waals surface area contributed by atoms with Crippen molar-refractivity contribution in [2.75, 3.05) is 0 Å². The lowest BCUT2D eigenvalue weighted by Gasteiger charge is -2.16. The number of carbonyl (C=O) groups excluding carboxylic acids is 1. The van der Waals surface area contributed by atoms with Crippen LogP contribution >= 0.6 is 0 Å². The standard InChI is InChI=1S/C15H18O2/c1-15(2,3)9-8-12(16)14-10-11-6-4-5-7-13(11)17-14/h4-7,10H,8-9H2,1-3H3. The van der Waals surface area contributed by atoms with Gasteiger partial charge in [-0.2, -0.15) is 0 Å². The highest BCUT2D eigenvalue weighted by Gasteiger charge is 2.16. The van der Waals surface area contributed by atoms with E-state index in [0.29, 0.717) is 12.2 Å². The Morgan fingerprint density at radius 3 is 2.59 bits per heavy atom. The number of furan rings is 1. The molecular formula is C15H18O2. The summed E-state index contributed by atoms with van der Waals surface area (Å²) in [6.45, 7) is 6.41. The monoisotopic (exact) mass is 230 g/mol. The maximum atomic E-state index is 12.0. The predicted octanol–water partition coefficient (Wildman–Crippen LogP) is 4.44. The van der Waals surface area contributed by atoms with Gasteiger partial charge in [0, 0.05) is 11.8 Å². The fraction of sp³-hybridized carbons (Fsp3) is 0.400. The van der Waals surface area contributed by atoms with Crippen LogP contribution in [-0.2, 0) is 0 Å². The lowest BCUT2D eigenvalue weighted by Crippen LogP contribution is -2.08. The number of para-hydroxylation sites is 1. The van der Waals surface area contributed by atoms with Crippen molar-refractivity contribution in [2.24, 2.45) is 5.41 Å². The molecule has 2 aromatic rings. The summed E-state index contributed by atoms with van der Waals surface area (Å²) in [7, 11) is 0. The molecule has 0 aliphatic heterocycles. The van der Waals surface area contributed by atoms with Gasteiger partial charge in [0.1, 0.15) is 5.58 Å². The first-order valence-electron chi connectivity index (χ1n) is 5.97. The van der Waals surface area contributed by atoms with Crippen molar-refractivity contribution in [1.29, 1.82) is 0 Å². The van der Waals surface area contributed by atoms with Crippen molar-refractivity contribution in [3.8, 4) is 0 Å². The molecule has 0 N–H and O–H groups in total. The lowest BCUT2D eigenvalue weighted by molar-refractivity contribution is 0.0941. The average Bonchev–Trinajstić information content (AvgIpc) is 2.68. The molecule has 90 valence electrons. The second-order valence-corrected chi connectivity index (χ2v) is 5.63. The summed E-state index contributed by atoms with van der Waals surface area (Å²) in [6.07, 6.45) is 1.42. The number of carbonyl (C=O) groups is 1. The average molecular weight is 230 g/mol. The van der Waals surface area contributed by atoms with Crippen molar-refractivity contribution >= 4 is 16.8 Å². The van der Waals surface area contributed by atoms with E-state index in [-0.39, 0.29) is 11.2 Å². The maximum absolute atomic E-state index is 12.0. The molecule has 2 nitrogen and oxygen atoms in total. The molecule has 2 rings (SSSR count). The molecule has 2 heteroatoms. The van der Waals surface area contributed by atoms with Gasteiger partial charge in [-0.15, -0.1) is 0 Å². The van der Waals surface area contributed by atoms with Gasteiger partial charge in [-0.1, -0.05) is 39.0 Å². The first kappa shape index (κ1) is 11.9. The zero-order chi connectivity index (χ0) is 12.5. The predicted molar refractivity (Wildman–Crippen MR) is 69.2 cm³/mol. The van der Waals surface area contributed by atoms with E-state index in [9.17, 15) is 4.79 Å². The Balaban J connectivity index is 2.14. The van der Waals surface area contributed by atoms with Crippen molar-refractivity contribution in [3.63, 3.8) is 0 Å². The van der Waals surface area contributed by atoms with Crippen LogP contribution in [0.3, 0.4) is 0 Å². The van der Waals surface area contributed by atoms with Crippen molar-refractivity contribution in [3.05, 3.63) is 36.1 Å². The summed E-state index contributed by atoms with van der Waals surface area (Å²) in [6, 6.07) is 9.53. The molecule has 17 heavy (non-hydrogen) atoms. The van der Waals surface area contributed by atoms with Crippen LogP contribution in [0.2, 0.25) is 0 Å². The van der Waals surface area contributed by atoms with Crippen molar-refractivity contribution < 1.29 is 9.21 Å². The number of fused-ring (bicyclic) bond motifs is 1. The Hall–Kier alpha value is -1.57. The maximum Gasteiger partial charge on any atom is 0.198 e. The second-order valence-electron chi connectivity index (χ2n) is 5.63. The Morgan fingerprint density at radius 2 is 1.94 bits per heavy atom. The number of hydrogen-bond acceptors (Lipinski definition) is 2. The van der Waals surface area contributed by atoms with E-state index in [4.69, 9.17) is 4.42 Å². The molecule has 0 saturated heterocycles. The first-order chi connectivity index (χ1) is 7.96. The minimum atomic E-state index is 0.0936. The summed E-state index contributed by atoms with van der Waals surface area (Å²) in [4.78, 5) is 12.0. The summed E-state index contributed by atoms with van der Waals surface area (Å²) in [5, 5.41) is 0.992. The fourth-order valence-electron chi connectivity index (χ4n) is 1.73. The van der Waals surface area contributed by atoms with E-state index in [2.05, 4.69) is 20.8 Å². The molecular weight excluding hydrogens is 212 g/mol. The fourth-order valence-corrected chi connectivity index (χ4v) is 1.73. The zero-order valence-corrected chi connectivity index (χ0v) is 10.6. The normalized spacial score (nSPS) is 11.9. The van der Waals surface area contributed by atoms with Gasteiger partial charge in [-0.05, 0) is 24.0 Å². The van der Waals surface area contributed by atoms with Crippen LogP contribution < -0.4 is 0 Å². The van der Waals surface area contributed by atoms with E-state index in [1.54, 1.807) is 0 Å². The molecule has 0 unspecified atom stereocenters. The second kappa shape index (κ2) is 4.36. The quantitative estimate of drug-likeness (QED) is 0.729. The summed E-state index contributed by atoms with van der Waals surface area (Å²) in [5.41, 5.74) is 0.966. The molecule has 0 amide bonds. The number of benzene rings is 1. The van der Waals surface area contributed by atoms with Gasteiger partial charge in [0.2, 0.25) is 0 Å². The highest BCUT2D eigenvalue weighted by atomic mass is 16.3. The molecule has 1 aromatic heterocycles. The van der Waals surface area contributed by atoms with Crippen LogP contribution in [-0.4, -0.2) is 5.78 Å². The van der Waals surface area contributed by atoms with Gasteiger partial charge in [0.05, 0.1) is 0 Å². The van der Waals surface area contributed by atoms with Gasteiger partial charge >= 0.3 is 0 Å². The molecule has 0 atom stereocenters. The van der Waals surface area contributed by atoms with Crippen LogP contribution in [0.15, 0.2) is 34.7 Å². The molecule has 0 fully saturated rings. The van der Waals surface area contributed by atoms with Crippen LogP contribution in [0.25, 0.3) is 11.0 Å². The SMILES string of the molecule is CC(C)(C)CCC(=O)c1cc2ccccc2o1. The number of rotatable bonds is 3. The molecule has 1 heterocycles. The van der Waals surface area contributed by atoms with Gasteiger partial charge in [0.25, 0.3) is 0 Å². The summed E-state index contributed by atoms with van der Waals surface area (Å²) >= 11 is 0. The van der Waals surface area contributed by atoms with E-state index in [0.717, 1.165) is 17.4 Å². The lowest BCUT2D eigenvalue weighted by atomic mass is 9.89. The number of ketones is 1. The highest BCUT2D eigenvalue weighted by Crippen LogP contribution is 2.24. The van der Waals surface area contributed by atoms with Crippen LogP contribution in [0.5, 0.6) is 0 Å². The van der Waals surface area contributed by atoms with E-state index in [1.165, 1.54) is 0 Å². The number of hydrogen-bond donors (Lipinski definition) is 0. The molecule has 0 saturated carbocycles. The summed E-state index contributed by atoms with van der Waals surface area (Å²) in [5.74, 6) is 0.576. The Kier molecular flexibility index (Phi) is 3.05. The Bertz CT molecular complexity index is 496. The Morgan fingerprint density at radius 1 is 1.24 bits per heavy atom. The van der Waals surface area contributed by atoms with E-state index in [1.807, 2.05) is 30.3 Å². The molecule has 0 aliphatic rings. The third kappa shape index (κ3) is 2.96. The minimum absolute atomic E-state index is 0.0936. The topological polar surface area (TPSA) is 30.2 Å². The van der Waals surface area contributed by atoms with Gasteiger partial charge < -0.3 is 4.42 Å². The van der Waals surface area contributed by atoms with Gasteiger partial charge in [0.15, 0.2) is 11.5 Å². The molecule has 1 aromatic carbocycles. The highest BCUT2D eigenvalue weighted by molar-refractivity contribution is 5.97.